The second kappa shape index (κ2) is 5.53. The maximum Gasteiger partial charge on any atom is 0.191 e. The predicted molar refractivity (Wildman–Crippen MR) is 81.5 cm³/mol. The summed E-state index contributed by atoms with van der Waals surface area (Å²) in [6.07, 6.45) is 3.72. The molecule has 5 heteroatoms. The van der Waals surface area contributed by atoms with Crippen LogP contribution in [0.4, 0.5) is 0 Å². The second-order valence-electron chi connectivity index (χ2n) is 5.30. The Morgan fingerprint density at radius 2 is 2.00 bits per heavy atom. The number of piperidine rings is 1. The van der Waals surface area contributed by atoms with E-state index in [4.69, 9.17) is 5.73 Å². The molecule has 5 nitrogen and oxygen atoms in total. The number of hydrogen-bond acceptors (Lipinski definition) is 2. The Morgan fingerprint density at radius 1 is 1.25 bits per heavy atom. The zero-order valence-electron chi connectivity index (χ0n) is 11.9. The average Bonchev–Trinajstić information content (AvgIpc) is 2.83. The number of guanidine groups is 1. The zero-order valence-corrected chi connectivity index (χ0v) is 11.9. The summed E-state index contributed by atoms with van der Waals surface area (Å²) >= 11 is 0. The Labute approximate surface area is 119 Å². The van der Waals surface area contributed by atoms with Crippen LogP contribution in [0.2, 0.25) is 0 Å². The van der Waals surface area contributed by atoms with Crippen molar-refractivity contribution in [3.63, 3.8) is 0 Å². The van der Waals surface area contributed by atoms with Crippen molar-refractivity contribution in [1.29, 1.82) is 0 Å². The summed E-state index contributed by atoms with van der Waals surface area (Å²) in [5.74, 6) is 1.60. The topological polar surface area (TPSA) is 59.4 Å². The Balaban J connectivity index is 1.77. The van der Waals surface area contributed by atoms with Crippen molar-refractivity contribution in [2.24, 2.45) is 17.8 Å². The van der Waals surface area contributed by atoms with Gasteiger partial charge < -0.3 is 15.2 Å². The minimum absolute atomic E-state index is 0.535. The lowest BCUT2D eigenvalue weighted by Gasteiger charge is -2.27. The molecule has 0 aliphatic carbocycles. The van der Waals surface area contributed by atoms with E-state index in [2.05, 4.69) is 25.5 Å². The molecule has 0 atom stereocenters. The van der Waals surface area contributed by atoms with E-state index < -0.39 is 0 Å². The Bertz CT molecular complexity index is 622. The van der Waals surface area contributed by atoms with E-state index in [9.17, 15) is 0 Å². The van der Waals surface area contributed by atoms with Gasteiger partial charge in [-0.1, -0.05) is 12.1 Å². The molecule has 1 fully saturated rings. The molecule has 106 valence electrons. The number of aryl methyl sites for hydroxylation is 1. The number of hydrogen-bond donors (Lipinski definition) is 1. The van der Waals surface area contributed by atoms with Crippen LogP contribution in [-0.2, 0) is 13.6 Å². The van der Waals surface area contributed by atoms with Gasteiger partial charge in [0.05, 0.1) is 11.0 Å². The van der Waals surface area contributed by atoms with Crippen molar-refractivity contribution in [2.75, 3.05) is 13.1 Å². The minimum atomic E-state index is 0.535. The molecule has 0 spiro atoms. The molecule has 0 saturated carbocycles. The Hall–Kier alpha value is -2.04. The number of likely N-dealkylation sites (tertiary alicyclic amines) is 1. The van der Waals surface area contributed by atoms with Crippen molar-refractivity contribution in [3.05, 3.63) is 30.1 Å². The van der Waals surface area contributed by atoms with Gasteiger partial charge in [-0.15, -0.1) is 0 Å². The van der Waals surface area contributed by atoms with Crippen molar-refractivity contribution < 1.29 is 0 Å². The molecule has 1 saturated heterocycles. The van der Waals surface area contributed by atoms with E-state index in [0.29, 0.717) is 12.5 Å². The molecular weight excluding hydrogens is 250 g/mol. The fourth-order valence-electron chi connectivity index (χ4n) is 2.71. The first-order chi connectivity index (χ1) is 9.75. The van der Waals surface area contributed by atoms with Crippen LogP contribution in [0.15, 0.2) is 29.3 Å². The van der Waals surface area contributed by atoms with Crippen molar-refractivity contribution >= 4 is 17.0 Å². The molecule has 0 bridgehead atoms. The van der Waals surface area contributed by atoms with Crippen LogP contribution in [0, 0.1) is 0 Å². The van der Waals surface area contributed by atoms with E-state index in [1.54, 1.807) is 0 Å². The number of aliphatic imine (C=N–C) groups is 1. The molecule has 0 unspecified atom stereocenters. The Kier molecular flexibility index (Phi) is 3.58. The molecule has 1 aliphatic heterocycles. The molecule has 0 radical (unpaired) electrons. The van der Waals surface area contributed by atoms with Gasteiger partial charge in [0.15, 0.2) is 5.96 Å². The summed E-state index contributed by atoms with van der Waals surface area (Å²) in [4.78, 5) is 11.3. The number of nitrogens with zero attached hydrogens (tertiary/aromatic N) is 4. The highest BCUT2D eigenvalue weighted by Crippen LogP contribution is 2.15. The third-order valence-electron chi connectivity index (χ3n) is 3.94. The standard InChI is InChI=1S/C15H21N5/c1-19-13-8-4-3-7-12(13)18-14(19)11-17-15(16)20-9-5-2-6-10-20/h3-4,7-8H,2,5-6,9-11H2,1H3,(H2,16,17). The lowest BCUT2D eigenvalue weighted by Crippen LogP contribution is -2.40. The summed E-state index contributed by atoms with van der Waals surface area (Å²) < 4.78 is 2.09. The third-order valence-corrected chi connectivity index (χ3v) is 3.94. The van der Waals surface area contributed by atoms with Gasteiger partial charge in [0, 0.05) is 20.1 Å². The summed E-state index contributed by atoms with van der Waals surface area (Å²) in [6, 6.07) is 8.13. The largest absolute Gasteiger partial charge is 0.370 e. The molecule has 1 aromatic carbocycles. The summed E-state index contributed by atoms with van der Waals surface area (Å²) in [6.45, 7) is 2.59. The number of para-hydroxylation sites is 2. The zero-order chi connectivity index (χ0) is 13.9. The van der Waals surface area contributed by atoms with Crippen LogP contribution in [0.5, 0.6) is 0 Å². The van der Waals surface area contributed by atoms with Gasteiger partial charge >= 0.3 is 0 Å². The predicted octanol–water partition coefficient (Wildman–Crippen LogP) is 1.87. The van der Waals surface area contributed by atoms with E-state index >= 15 is 0 Å². The SMILES string of the molecule is Cn1c(CN=C(N)N2CCCCC2)nc2ccccc21. The van der Waals surface area contributed by atoms with Gasteiger partial charge in [-0.25, -0.2) is 9.98 Å². The first-order valence-corrected chi connectivity index (χ1v) is 7.21. The monoisotopic (exact) mass is 271 g/mol. The van der Waals surface area contributed by atoms with Crippen LogP contribution >= 0.6 is 0 Å². The molecule has 20 heavy (non-hydrogen) atoms. The van der Waals surface area contributed by atoms with E-state index in [1.807, 2.05) is 25.2 Å². The average molecular weight is 271 g/mol. The summed E-state index contributed by atoms with van der Waals surface area (Å²) in [7, 11) is 2.03. The molecule has 3 rings (SSSR count). The molecular formula is C15H21N5. The number of aromatic nitrogens is 2. The molecule has 2 N–H and O–H groups in total. The highest BCUT2D eigenvalue weighted by atomic mass is 15.3. The van der Waals surface area contributed by atoms with Crippen molar-refractivity contribution in [3.8, 4) is 0 Å². The molecule has 0 amide bonds. The Morgan fingerprint density at radius 3 is 2.75 bits per heavy atom. The number of nitrogens with two attached hydrogens (primary N) is 1. The second-order valence-corrected chi connectivity index (χ2v) is 5.30. The van der Waals surface area contributed by atoms with Crippen LogP contribution < -0.4 is 5.73 Å². The maximum absolute atomic E-state index is 6.08. The number of rotatable bonds is 2. The van der Waals surface area contributed by atoms with Gasteiger partial charge in [-0.05, 0) is 31.4 Å². The highest BCUT2D eigenvalue weighted by Gasteiger charge is 2.12. The highest BCUT2D eigenvalue weighted by molar-refractivity contribution is 5.78. The quantitative estimate of drug-likeness (QED) is 0.670. The number of imidazole rings is 1. The third kappa shape index (κ3) is 2.48. The molecule has 1 aromatic heterocycles. The lowest BCUT2D eigenvalue weighted by atomic mass is 10.1. The maximum atomic E-state index is 6.08. The van der Waals surface area contributed by atoms with Crippen LogP contribution in [0.3, 0.4) is 0 Å². The van der Waals surface area contributed by atoms with E-state index in [-0.39, 0.29) is 0 Å². The normalized spacial score (nSPS) is 16.9. The van der Waals surface area contributed by atoms with E-state index in [0.717, 1.165) is 29.9 Å². The fourth-order valence-corrected chi connectivity index (χ4v) is 2.71. The first kappa shape index (κ1) is 13.0. The summed E-state index contributed by atoms with van der Waals surface area (Å²) in [5.41, 5.74) is 8.22. The fraction of sp³-hybridized carbons (Fsp3) is 0.467. The smallest absolute Gasteiger partial charge is 0.191 e. The lowest BCUT2D eigenvalue weighted by molar-refractivity contribution is 0.338. The number of fused-ring (bicyclic) bond motifs is 1. The van der Waals surface area contributed by atoms with Crippen molar-refractivity contribution in [2.45, 2.75) is 25.8 Å². The van der Waals surface area contributed by atoms with Gasteiger partial charge in [0.25, 0.3) is 0 Å². The van der Waals surface area contributed by atoms with Crippen molar-refractivity contribution in [1.82, 2.24) is 14.5 Å². The molecule has 2 aromatic rings. The van der Waals surface area contributed by atoms with Gasteiger partial charge in [-0.3, -0.25) is 0 Å². The molecule has 1 aliphatic rings. The van der Waals surface area contributed by atoms with Crippen LogP contribution in [0.25, 0.3) is 11.0 Å². The van der Waals surface area contributed by atoms with Crippen LogP contribution in [0.1, 0.15) is 25.1 Å². The van der Waals surface area contributed by atoms with Gasteiger partial charge in [-0.2, -0.15) is 0 Å². The van der Waals surface area contributed by atoms with Gasteiger partial charge in [0.1, 0.15) is 12.4 Å². The molecule has 2 heterocycles. The number of benzene rings is 1. The van der Waals surface area contributed by atoms with Gasteiger partial charge in [0.2, 0.25) is 0 Å². The minimum Gasteiger partial charge on any atom is -0.370 e. The summed E-state index contributed by atoms with van der Waals surface area (Å²) in [5, 5.41) is 0. The van der Waals surface area contributed by atoms with E-state index in [1.165, 1.54) is 19.3 Å². The first-order valence-electron chi connectivity index (χ1n) is 7.21. The van der Waals surface area contributed by atoms with Crippen LogP contribution in [-0.4, -0.2) is 33.5 Å².